The Balaban J connectivity index is 1.76. The lowest BCUT2D eigenvalue weighted by molar-refractivity contribution is -0.384. The van der Waals surface area contributed by atoms with Crippen molar-refractivity contribution in [2.45, 2.75) is 19.8 Å². The van der Waals surface area contributed by atoms with E-state index in [0.717, 1.165) is 11.1 Å². The number of ether oxygens (including phenoxy) is 1. The number of thiazole rings is 1. The third-order valence-electron chi connectivity index (χ3n) is 4.29. The molecule has 0 aliphatic carbocycles. The number of benzene rings is 2. The van der Waals surface area contributed by atoms with E-state index in [0.29, 0.717) is 22.0 Å². The van der Waals surface area contributed by atoms with Crippen LogP contribution in [0.3, 0.4) is 0 Å². The fourth-order valence-electron chi connectivity index (χ4n) is 2.69. The zero-order chi connectivity index (χ0) is 21.0. The lowest BCUT2D eigenvalue weighted by atomic mass is 10.1. The summed E-state index contributed by atoms with van der Waals surface area (Å²) < 4.78 is 5.62. The van der Waals surface area contributed by atoms with Crippen molar-refractivity contribution >= 4 is 22.8 Å². The van der Waals surface area contributed by atoms with Crippen molar-refractivity contribution in [3.05, 3.63) is 74.1 Å². The molecule has 0 saturated carbocycles. The largest absolute Gasteiger partial charge is 0.485 e. The normalized spacial score (nSPS) is 11.5. The summed E-state index contributed by atoms with van der Waals surface area (Å²) in [7, 11) is 0. The summed E-state index contributed by atoms with van der Waals surface area (Å²) in [5.74, 6) is -0.850. The van der Waals surface area contributed by atoms with E-state index in [1.54, 1.807) is 17.5 Å². The summed E-state index contributed by atoms with van der Waals surface area (Å²) in [6.07, 6.45) is 0. The van der Waals surface area contributed by atoms with Gasteiger partial charge in [0.1, 0.15) is 17.4 Å². The van der Waals surface area contributed by atoms with E-state index in [1.807, 2.05) is 38.1 Å². The maximum Gasteiger partial charge on any atom is 0.270 e. The Morgan fingerprint density at radius 3 is 2.83 bits per heavy atom. The van der Waals surface area contributed by atoms with Crippen LogP contribution in [0.4, 0.5) is 5.69 Å². The van der Waals surface area contributed by atoms with E-state index >= 15 is 0 Å². The number of carbonyl (C=O) groups excluding carboxylic acids is 1. The van der Waals surface area contributed by atoms with Crippen molar-refractivity contribution in [1.82, 2.24) is 4.98 Å². The molecule has 2 aromatic carbocycles. The van der Waals surface area contributed by atoms with Gasteiger partial charge in [0.2, 0.25) is 0 Å². The third-order valence-corrected chi connectivity index (χ3v) is 5.20. The summed E-state index contributed by atoms with van der Waals surface area (Å²) >= 11 is 1.17. The minimum atomic E-state index is -1.06. The van der Waals surface area contributed by atoms with E-state index in [9.17, 15) is 20.2 Å². The smallest absolute Gasteiger partial charge is 0.270 e. The molecule has 0 bridgehead atoms. The Bertz CT molecular complexity index is 1120. The Labute approximate surface area is 171 Å². The number of nitro groups is 1. The average molecular weight is 407 g/mol. The van der Waals surface area contributed by atoms with Gasteiger partial charge in [-0.2, -0.15) is 5.26 Å². The lowest BCUT2D eigenvalue weighted by Crippen LogP contribution is -2.19. The van der Waals surface area contributed by atoms with Gasteiger partial charge in [-0.1, -0.05) is 24.3 Å². The Kier molecular flexibility index (Phi) is 6.00. The molecule has 0 aliphatic heterocycles. The van der Waals surface area contributed by atoms with E-state index in [1.165, 1.54) is 23.5 Å². The van der Waals surface area contributed by atoms with Crippen LogP contribution in [-0.4, -0.2) is 22.3 Å². The van der Waals surface area contributed by atoms with E-state index < -0.39 is 16.6 Å². The zero-order valence-electron chi connectivity index (χ0n) is 15.8. The fraction of sp³-hybridized carbons (Fsp3) is 0.190. The van der Waals surface area contributed by atoms with Crippen LogP contribution < -0.4 is 4.74 Å². The highest BCUT2D eigenvalue weighted by molar-refractivity contribution is 7.10. The number of non-ortho nitro benzene ring substituents is 1. The van der Waals surface area contributed by atoms with Crippen molar-refractivity contribution in [3.8, 4) is 23.1 Å². The minimum Gasteiger partial charge on any atom is -0.485 e. The fourth-order valence-corrected chi connectivity index (χ4v) is 3.58. The van der Waals surface area contributed by atoms with Gasteiger partial charge in [0.05, 0.1) is 16.7 Å². The summed E-state index contributed by atoms with van der Waals surface area (Å²) in [6.45, 7) is 3.57. The number of nitrogens with zero attached hydrogens (tertiary/aromatic N) is 3. The topological polar surface area (TPSA) is 106 Å². The molecule has 29 heavy (non-hydrogen) atoms. The van der Waals surface area contributed by atoms with Crippen LogP contribution in [0.25, 0.3) is 11.3 Å². The van der Waals surface area contributed by atoms with Crippen LogP contribution in [0, 0.1) is 35.3 Å². The molecule has 8 heteroatoms. The predicted octanol–water partition coefficient (Wildman–Crippen LogP) is 4.59. The number of hydrogen-bond donors (Lipinski definition) is 0. The van der Waals surface area contributed by atoms with Crippen LogP contribution >= 0.6 is 11.3 Å². The number of rotatable bonds is 7. The van der Waals surface area contributed by atoms with Gasteiger partial charge in [-0.05, 0) is 31.0 Å². The molecule has 0 aliphatic rings. The molecular formula is C21H17N3O4S. The van der Waals surface area contributed by atoms with Crippen LogP contribution in [0.5, 0.6) is 5.75 Å². The maximum atomic E-state index is 12.6. The summed E-state index contributed by atoms with van der Waals surface area (Å²) in [4.78, 5) is 27.4. The molecule has 146 valence electrons. The number of carbonyl (C=O) groups is 1. The van der Waals surface area contributed by atoms with Crippen molar-refractivity contribution in [1.29, 1.82) is 5.26 Å². The predicted molar refractivity (Wildman–Crippen MR) is 109 cm³/mol. The summed E-state index contributed by atoms with van der Waals surface area (Å²) in [6, 6.07) is 13.7. The van der Waals surface area contributed by atoms with Gasteiger partial charge in [-0.3, -0.25) is 14.9 Å². The van der Waals surface area contributed by atoms with Crippen LogP contribution in [0.1, 0.15) is 22.1 Å². The quantitative estimate of drug-likeness (QED) is 0.419. The van der Waals surface area contributed by atoms with Gasteiger partial charge in [0.15, 0.2) is 11.7 Å². The molecule has 1 unspecified atom stereocenters. The second kappa shape index (κ2) is 8.63. The Morgan fingerprint density at radius 1 is 1.31 bits per heavy atom. The molecule has 0 spiro atoms. The van der Waals surface area contributed by atoms with Crippen LogP contribution in [0.2, 0.25) is 0 Å². The van der Waals surface area contributed by atoms with Gasteiger partial charge < -0.3 is 4.74 Å². The van der Waals surface area contributed by atoms with Gasteiger partial charge in [0, 0.05) is 23.1 Å². The second-order valence-corrected chi connectivity index (χ2v) is 7.35. The lowest BCUT2D eigenvalue weighted by Gasteiger charge is -2.10. The first-order chi connectivity index (χ1) is 13.9. The van der Waals surface area contributed by atoms with Crippen molar-refractivity contribution < 1.29 is 14.5 Å². The highest BCUT2D eigenvalue weighted by Crippen LogP contribution is 2.29. The SMILES string of the molecule is Cc1ccc(C)c(OCC(=O)C(C#N)c2nc(-c3cccc([N+](=O)[O-])c3)cs2)c1. The molecule has 1 atom stereocenters. The number of aryl methyl sites for hydroxylation is 2. The van der Waals surface area contributed by atoms with Crippen molar-refractivity contribution in [3.63, 3.8) is 0 Å². The average Bonchev–Trinajstić information content (AvgIpc) is 3.19. The first-order valence-corrected chi connectivity index (χ1v) is 9.59. The standard InChI is InChI=1S/C21H17N3O4S/c1-13-6-7-14(2)20(8-13)28-11-19(25)17(10-22)21-23-18(12-29-21)15-4-3-5-16(9-15)24(26)27/h3-9,12,17H,11H2,1-2H3. The van der Waals surface area contributed by atoms with Crippen LogP contribution in [-0.2, 0) is 4.79 Å². The number of hydrogen-bond acceptors (Lipinski definition) is 7. The second-order valence-electron chi connectivity index (χ2n) is 6.46. The molecule has 1 aromatic heterocycles. The highest BCUT2D eigenvalue weighted by Gasteiger charge is 2.25. The third kappa shape index (κ3) is 4.65. The Morgan fingerprint density at radius 2 is 2.10 bits per heavy atom. The maximum absolute atomic E-state index is 12.6. The monoisotopic (exact) mass is 407 g/mol. The molecule has 3 rings (SSSR count). The van der Waals surface area contributed by atoms with Gasteiger partial charge in [-0.15, -0.1) is 11.3 Å². The van der Waals surface area contributed by atoms with Crippen molar-refractivity contribution in [2.75, 3.05) is 6.61 Å². The van der Waals surface area contributed by atoms with Gasteiger partial charge >= 0.3 is 0 Å². The Hall–Kier alpha value is -3.57. The van der Waals surface area contributed by atoms with Gasteiger partial charge in [-0.25, -0.2) is 4.98 Å². The highest BCUT2D eigenvalue weighted by atomic mass is 32.1. The molecule has 7 nitrogen and oxygen atoms in total. The van der Waals surface area contributed by atoms with Crippen molar-refractivity contribution in [2.24, 2.45) is 0 Å². The van der Waals surface area contributed by atoms with E-state index in [2.05, 4.69) is 4.98 Å². The van der Waals surface area contributed by atoms with E-state index in [-0.39, 0.29) is 12.3 Å². The zero-order valence-corrected chi connectivity index (χ0v) is 16.6. The number of nitriles is 1. The first kappa shape index (κ1) is 20.2. The molecule has 0 radical (unpaired) electrons. The summed E-state index contributed by atoms with van der Waals surface area (Å²) in [5, 5.41) is 22.5. The number of nitro benzene ring substituents is 1. The molecule has 0 amide bonds. The first-order valence-electron chi connectivity index (χ1n) is 8.71. The molecule has 3 aromatic rings. The number of aromatic nitrogens is 1. The number of ketones is 1. The van der Waals surface area contributed by atoms with Crippen LogP contribution in [0.15, 0.2) is 47.8 Å². The molecule has 0 N–H and O–H groups in total. The molecule has 1 heterocycles. The molecule has 0 fully saturated rings. The summed E-state index contributed by atoms with van der Waals surface area (Å²) in [5.41, 5.74) is 2.90. The van der Waals surface area contributed by atoms with Gasteiger partial charge in [0.25, 0.3) is 5.69 Å². The molecular weight excluding hydrogens is 390 g/mol. The minimum absolute atomic E-state index is 0.0492. The number of Topliss-reactive ketones (excluding diaryl/α,β-unsaturated/α-hetero) is 1. The van der Waals surface area contributed by atoms with E-state index in [4.69, 9.17) is 4.74 Å². The molecule has 0 saturated heterocycles.